The summed E-state index contributed by atoms with van der Waals surface area (Å²) in [5.41, 5.74) is 2.23. The van der Waals surface area contributed by atoms with Gasteiger partial charge in [-0.2, -0.15) is 0 Å². The third kappa shape index (κ3) is 3.84. The van der Waals surface area contributed by atoms with Crippen molar-refractivity contribution in [3.8, 4) is 0 Å². The first kappa shape index (κ1) is 13.1. The summed E-state index contributed by atoms with van der Waals surface area (Å²) in [7, 11) is 0. The monoisotopic (exact) mass is 246 g/mol. The molecule has 98 valence electrons. The molecule has 1 saturated heterocycles. The van der Waals surface area contributed by atoms with Crippen LogP contribution in [0.5, 0.6) is 0 Å². The fraction of sp³-hybridized carbons (Fsp3) is 0.533. The SMILES string of the molecule is CCCC(=O)Nc1ccc(CN2CCCC2)cc1. The fourth-order valence-corrected chi connectivity index (χ4v) is 2.34. The Morgan fingerprint density at radius 1 is 1.22 bits per heavy atom. The molecule has 1 heterocycles. The molecule has 0 aliphatic carbocycles. The summed E-state index contributed by atoms with van der Waals surface area (Å²) >= 11 is 0. The van der Waals surface area contributed by atoms with E-state index in [-0.39, 0.29) is 5.91 Å². The molecular formula is C15H22N2O. The molecule has 2 rings (SSSR count). The van der Waals surface area contributed by atoms with Crippen molar-refractivity contribution in [1.29, 1.82) is 0 Å². The normalized spacial score (nSPS) is 15.8. The van der Waals surface area contributed by atoms with Crippen LogP contribution in [0.15, 0.2) is 24.3 Å². The summed E-state index contributed by atoms with van der Waals surface area (Å²) < 4.78 is 0. The van der Waals surface area contributed by atoms with Gasteiger partial charge in [0.2, 0.25) is 5.91 Å². The highest BCUT2D eigenvalue weighted by Crippen LogP contribution is 2.15. The van der Waals surface area contributed by atoms with Gasteiger partial charge in [-0.3, -0.25) is 9.69 Å². The molecule has 1 fully saturated rings. The van der Waals surface area contributed by atoms with Crippen molar-refractivity contribution in [2.75, 3.05) is 18.4 Å². The quantitative estimate of drug-likeness (QED) is 0.866. The zero-order valence-electron chi connectivity index (χ0n) is 11.1. The second-order valence-corrected chi connectivity index (χ2v) is 4.98. The van der Waals surface area contributed by atoms with E-state index in [1.807, 2.05) is 19.1 Å². The average molecular weight is 246 g/mol. The molecule has 1 aliphatic heterocycles. The first-order chi connectivity index (χ1) is 8.78. The van der Waals surface area contributed by atoms with E-state index in [4.69, 9.17) is 0 Å². The molecule has 0 bridgehead atoms. The van der Waals surface area contributed by atoms with E-state index in [2.05, 4.69) is 22.3 Å². The highest BCUT2D eigenvalue weighted by molar-refractivity contribution is 5.90. The van der Waals surface area contributed by atoms with E-state index < -0.39 is 0 Å². The predicted molar refractivity (Wildman–Crippen MR) is 74.5 cm³/mol. The number of nitrogens with one attached hydrogen (secondary N) is 1. The van der Waals surface area contributed by atoms with Crippen LogP contribution in [-0.2, 0) is 11.3 Å². The van der Waals surface area contributed by atoms with E-state index >= 15 is 0 Å². The molecule has 0 aromatic heterocycles. The number of carbonyl (C=O) groups is 1. The Kier molecular flexibility index (Phi) is 4.76. The Balaban J connectivity index is 1.86. The van der Waals surface area contributed by atoms with Crippen molar-refractivity contribution >= 4 is 11.6 Å². The second kappa shape index (κ2) is 6.55. The molecule has 1 aromatic carbocycles. The summed E-state index contributed by atoms with van der Waals surface area (Å²) in [6, 6.07) is 8.22. The summed E-state index contributed by atoms with van der Waals surface area (Å²) in [5, 5.41) is 2.91. The Bertz CT molecular complexity index is 380. The number of amides is 1. The second-order valence-electron chi connectivity index (χ2n) is 4.98. The molecule has 1 N–H and O–H groups in total. The maximum Gasteiger partial charge on any atom is 0.224 e. The Hall–Kier alpha value is -1.35. The van der Waals surface area contributed by atoms with E-state index in [1.54, 1.807) is 0 Å². The summed E-state index contributed by atoms with van der Waals surface area (Å²) in [5.74, 6) is 0.102. The van der Waals surface area contributed by atoms with Crippen LogP contribution in [0, 0.1) is 0 Å². The van der Waals surface area contributed by atoms with Gasteiger partial charge >= 0.3 is 0 Å². The van der Waals surface area contributed by atoms with Crippen LogP contribution in [0.4, 0.5) is 5.69 Å². The van der Waals surface area contributed by atoms with Gasteiger partial charge in [0.15, 0.2) is 0 Å². The lowest BCUT2D eigenvalue weighted by molar-refractivity contribution is -0.116. The van der Waals surface area contributed by atoms with Gasteiger partial charge in [-0.25, -0.2) is 0 Å². The summed E-state index contributed by atoms with van der Waals surface area (Å²) in [4.78, 5) is 13.9. The molecule has 3 heteroatoms. The first-order valence-corrected chi connectivity index (χ1v) is 6.89. The molecular weight excluding hydrogens is 224 g/mol. The van der Waals surface area contributed by atoms with E-state index in [0.717, 1.165) is 18.7 Å². The molecule has 1 aliphatic rings. The molecule has 0 radical (unpaired) electrons. The van der Waals surface area contributed by atoms with Gasteiger partial charge in [-0.05, 0) is 50.0 Å². The molecule has 1 aromatic rings. The molecule has 0 atom stereocenters. The molecule has 3 nitrogen and oxygen atoms in total. The highest BCUT2D eigenvalue weighted by Gasteiger charge is 2.11. The maximum absolute atomic E-state index is 11.5. The Morgan fingerprint density at radius 3 is 2.50 bits per heavy atom. The van der Waals surface area contributed by atoms with Crippen LogP contribution in [-0.4, -0.2) is 23.9 Å². The number of nitrogens with zero attached hydrogens (tertiary/aromatic N) is 1. The van der Waals surface area contributed by atoms with Gasteiger partial charge in [0.25, 0.3) is 0 Å². The van der Waals surface area contributed by atoms with E-state index in [0.29, 0.717) is 6.42 Å². The lowest BCUT2D eigenvalue weighted by Gasteiger charge is -2.14. The topological polar surface area (TPSA) is 32.3 Å². The average Bonchev–Trinajstić information content (AvgIpc) is 2.85. The molecule has 18 heavy (non-hydrogen) atoms. The predicted octanol–water partition coefficient (Wildman–Crippen LogP) is 3.02. The molecule has 0 saturated carbocycles. The third-order valence-electron chi connectivity index (χ3n) is 3.32. The number of hydrogen-bond acceptors (Lipinski definition) is 2. The number of anilines is 1. The van der Waals surface area contributed by atoms with Gasteiger partial charge in [0.1, 0.15) is 0 Å². The van der Waals surface area contributed by atoms with Gasteiger partial charge < -0.3 is 5.32 Å². The Labute approximate surface area is 109 Å². The minimum atomic E-state index is 0.102. The zero-order valence-corrected chi connectivity index (χ0v) is 11.1. The fourth-order valence-electron chi connectivity index (χ4n) is 2.34. The van der Waals surface area contributed by atoms with Gasteiger partial charge in [-0.1, -0.05) is 19.1 Å². The number of rotatable bonds is 5. The van der Waals surface area contributed by atoms with E-state index in [1.165, 1.54) is 31.5 Å². The Morgan fingerprint density at radius 2 is 1.89 bits per heavy atom. The molecule has 1 amide bonds. The largest absolute Gasteiger partial charge is 0.326 e. The van der Waals surface area contributed by atoms with Gasteiger partial charge in [0.05, 0.1) is 0 Å². The summed E-state index contributed by atoms with van der Waals surface area (Å²) in [6.45, 7) is 5.48. The first-order valence-electron chi connectivity index (χ1n) is 6.89. The van der Waals surface area contributed by atoms with Crippen molar-refractivity contribution in [3.63, 3.8) is 0 Å². The van der Waals surface area contributed by atoms with Crippen LogP contribution in [0.3, 0.4) is 0 Å². The van der Waals surface area contributed by atoms with Crippen molar-refractivity contribution in [1.82, 2.24) is 4.90 Å². The van der Waals surface area contributed by atoms with Crippen molar-refractivity contribution in [2.24, 2.45) is 0 Å². The lowest BCUT2D eigenvalue weighted by Crippen LogP contribution is -2.18. The van der Waals surface area contributed by atoms with Crippen LogP contribution >= 0.6 is 0 Å². The minimum absolute atomic E-state index is 0.102. The van der Waals surface area contributed by atoms with Crippen molar-refractivity contribution < 1.29 is 4.79 Å². The van der Waals surface area contributed by atoms with Crippen LogP contribution in [0.2, 0.25) is 0 Å². The van der Waals surface area contributed by atoms with E-state index in [9.17, 15) is 4.79 Å². The van der Waals surface area contributed by atoms with Gasteiger partial charge in [0, 0.05) is 18.7 Å². The standard InChI is InChI=1S/C15H22N2O/c1-2-5-15(18)16-14-8-6-13(7-9-14)12-17-10-3-4-11-17/h6-9H,2-5,10-12H2,1H3,(H,16,18). The maximum atomic E-state index is 11.5. The molecule has 0 unspecified atom stereocenters. The number of benzene rings is 1. The lowest BCUT2D eigenvalue weighted by atomic mass is 10.2. The smallest absolute Gasteiger partial charge is 0.224 e. The van der Waals surface area contributed by atoms with Gasteiger partial charge in [-0.15, -0.1) is 0 Å². The highest BCUT2D eigenvalue weighted by atomic mass is 16.1. The number of hydrogen-bond donors (Lipinski definition) is 1. The minimum Gasteiger partial charge on any atom is -0.326 e. The molecule has 0 spiro atoms. The summed E-state index contributed by atoms with van der Waals surface area (Å²) in [6.07, 6.45) is 4.13. The van der Waals surface area contributed by atoms with Crippen LogP contribution in [0.25, 0.3) is 0 Å². The van der Waals surface area contributed by atoms with Crippen molar-refractivity contribution in [2.45, 2.75) is 39.2 Å². The van der Waals surface area contributed by atoms with Crippen LogP contribution in [0.1, 0.15) is 38.2 Å². The van der Waals surface area contributed by atoms with Crippen molar-refractivity contribution in [3.05, 3.63) is 29.8 Å². The number of carbonyl (C=O) groups excluding carboxylic acids is 1. The third-order valence-corrected chi connectivity index (χ3v) is 3.32. The number of likely N-dealkylation sites (tertiary alicyclic amines) is 1. The zero-order chi connectivity index (χ0) is 12.8. The van der Waals surface area contributed by atoms with Crippen LogP contribution < -0.4 is 5.32 Å².